The molecule has 1 aromatic rings. The normalized spacial score (nSPS) is 10.3. The fraction of sp³-hybridized carbons (Fsp3) is 0.500. The van der Waals surface area contributed by atoms with Crippen molar-refractivity contribution in [3.05, 3.63) is 24.3 Å². The summed E-state index contributed by atoms with van der Waals surface area (Å²) in [4.78, 5) is 22.8. The summed E-state index contributed by atoms with van der Waals surface area (Å²) in [6.07, 6.45) is 0.208. The van der Waals surface area contributed by atoms with E-state index < -0.39 is 0 Å². The second-order valence-corrected chi connectivity index (χ2v) is 5.08. The van der Waals surface area contributed by atoms with Crippen molar-refractivity contribution in [1.82, 2.24) is 0 Å². The van der Waals surface area contributed by atoms with Gasteiger partial charge in [0.2, 0.25) is 5.91 Å². The molecule has 0 bridgehead atoms. The molecule has 0 spiro atoms. The number of benzene rings is 1. The third-order valence-electron chi connectivity index (χ3n) is 2.58. The van der Waals surface area contributed by atoms with E-state index in [1.165, 1.54) is 0 Å². The van der Waals surface area contributed by atoms with Crippen molar-refractivity contribution in [2.75, 3.05) is 18.5 Å². The van der Waals surface area contributed by atoms with Gasteiger partial charge in [-0.25, -0.2) is 0 Å². The quantitative estimate of drug-likeness (QED) is 0.748. The van der Waals surface area contributed by atoms with Crippen LogP contribution in [0.2, 0.25) is 0 Å². The molecule has 1 amide bonds. The Balaban J connectivity index is 2.37. The zero-order chi connectivity index (χ0) is 15.7. The van der Waals surface area contributed by atoms with Crippen molar-refractivity contribution in [3.8, 4) is 5.75 Å². The van der Waals surface area contributed by atoms with Crippen LogP contribution in [0.25, 0.3) is 0 Å². The third-order valence-corrected chi connectivity index (χ3v) is 2.58. The molecular formula is C16H23NO4. The maximum atomic E-state index is 11.7. The zero-order valence-corrected chi connectivity index (χ0v) is 12.8. The molecule has 0 aromatic heterocycles. The highest BCUT2D eigenvalue weighted by Gasteiger charge is 2.08. The van der Waals surface area contributed by atoms with Crippen molar-refractivity contribution >= 4 is 17.6 Å². The van der Waals surface area contributed by atoms with Crippen LogP contribution in [0.5, 0.6) is 5.75 Å². The number of amides is 1. The van der Waals surface area contributed by atoms with Gasteiger partial charge in [-0.15, -0.1) is 0 Å². The van der Waals surface area contributed by atoms with Crippen molar-refractivity contribution in [3.63, 3.8) is 0 Å². The smallest absolute Gasteiger partial charge is 0.306 e. The van der Waals surface area contributed by atoms with Gasteiger partial charge in [-0.1, -0.05) is 13.8 Å². The summed E-state index contributed by atoms with van der Waals surface area (Å²) in [6.45, 7) is 6.89. The van der Waals surface area contributed by atoms with Gasteiger partial charge in [-0.2, -0.15) is 0 Å². The summed E-state index contributed by atoms with van der Waals surface area (Å²) >= 11 is 0. The molecule has 21 heavy (non-hydrogen) atoms. The lowest BCUT2D eigenvalue weighted by molar-refractivity contribution is -0.144. The minimum absolute atomic E-state index is 0.0925. The molecule has 0 unspecified atom stereocenters. The van der Waals surface area contributed by atoms with Gasteiger partial charge in [-0.05, 0) is 37.1 Å². The van der Waals surface area contributed by atoms with Gasteiger partial charge < -0.3 is 14.8 Å². The van der Waals surface area contributed by atoms with E-state index in [1.807, 2.05) is 12.1 Å². The molecule has 0 aliphatic heterocycles. The van der Waals surface area contributed by atoms with Gasteiger partial charge in [0.05, 0.1) is 19.6 Å². The van der Waals surface area contributed by atoms with E-state index in [2.05, 4.69) is 19.2 Å². The molecule has 0 fully saturated rings. The summed E-state index contributed by atoms with van der Waals surface area (Å²) in [7, 11) is 0. The molecule has 0 aliphatic rings. The highest BCUT2D eigenvalue weighted by Crippen LogP contribution is 2.16. The molecule has 0 saturated heterocycles. The highest BCUT2D eigenvalue weighted by molar-refractivity contribution is 5.92. The Morgan fingerprint density at radius 1 is 1.14 bits per heavy atom. The summed E-state index contributed by atoms with van der Waals surface area (Å²) in [5.41, 5.74) is 0.681. The van der Waals surface area contributed by atoms with E-state index in [4.69, 9.17) is 9.47 Å². The first-order valence-corrected chi connectivity index (χ1v) is 7.19. The Hall–Kier alpha value is -2.04. The minimum atomic E-state index is -0.356. The molecule has 0 saturated carbocycles. The maximum Gasteiger partial charge on any atom is 0.306 e. The first-order valence-electron chi connectivity index (χ1n) is 7.19. The maximum absolute atomic E-state index is 11.7. The lowest BCUT2D eigenvalue weighted by Gasteiger charge is -2.10. The number of hydrogen-bond donors (Lipinski definition) is 1. The summed E-state index contributed by atoms with van der Waals surface area (Å²) in [5.74, 6) is 0.671. The molecule has 0 radical (unpaired) electrons. The van der Waals surface area contributed by atoms with Crippen molar-refractivity contribution in [1.29, 1.82) is 0 Å². The van der Waals surface area contributed by atoms with Gasteiger partial charge in [-0.3, -0.25) is 9.59 Å². The van der Waals surface area contributed by atoms with Crippen LogP contribution in [0.1, 0.15) is 33.6 Å². The highest BCUT2D eigenvalue weighted by atomic mass is 16.5. The Morgan fingerprint density at radius 2 is 1.81 bits per heavy atom. The molecule has 116 valence electrons. The number of carbonyl (C=O) groups excluding carboxylic acids is 2. The predicted molar refractivity (Wildman–Crippen MR) is 81.3 cm³/mol. The van der Waals surface area contributed by atoms with Crippen molar-refractivity contribution in [2.45, 2.75) is 33.6 Å². The Morgan fingerprint density at radius 3 is 2.38 bits per heavy atom. The van der Waals surface area contributed by atoms with Crippen LogP contribution in [0.3, 0.4) is 0 Å². The topological polar surface area (TPSA) is 64.6 Å². The first-order chi connectivity index (χ1) is 10.0. The molecule has 0 aliphatic carbocycles. The van der Waals surface area contributed by atoms with E-state index >= 15 is 0 Å². The average molecular weight is 293 g/mol. The van der Waals surface area contributed by atoms with Crippen LogP contribution in [0, 0.1) is 5.92 Å². The number of anilines is 1. The second kappa shape index (κ2) is 9.00. The fourth-order valence-electron chi connectivity index (χ4n) is 1.57. The number of rotatable bonds is 8. The van der Waals surface area contributed by atoms with E-state index in [1.54, 1.807) is 19.1 Å². The zero-order valence-electron chi connectivity index (χ0n) is 12.8. The van der Waals surface area contributed by atoms with Crippen molar-refractivity contribution in [2.24, 2.45) is 5.92 Å². The molecule has 1 aromatic carbocycles. The molecule has 0 heterocycles. The lowest BCUT2D eigenvalue weighted by Crippen LogP contribution is -2.14. The first kappa shape index (κ1) is 17.0. The van der Waals surface area contributed by atoms with E-state index in [9.17, 15) is 9.59 Å². The Labute approximate surface area is 125 Å². The van der Waals surface area contributed by atoms with Crippen LogP contribution in [-0.2, 0) is 14.3 Å². The predicted octanol–water partition coefficient (Wildman–Crippen LogP) is 3.00. The van der Waals surface area contributed by atoms with Crippen LogP contribution >= 0.6 is 0 Å². The van der Waals surface area contributed by atoms with Gasteiger partial charge in [0.15, 0.2) is 0 Å². The van der Waals surface area contributed by atoms with Crippen molar-refractivity contribution < 1.29 is 19.1 Å². The van der Waals surface area contributed by atoms with Crippen LogP contribution in [0.4, 0.5) is 5.69 Å². The molecule has 1 rings (SSSR count). The van der Waals surface area contributed by atoms with Gasteiger partial charge in [0.1, 0.15) is 5.75 Å². The summed E-state index contributed by atoms with van der Waals surface area (Å²) < 4.78 is 10.3. The van der Waals surface area contributed by atoms with E-state index in [-0.39, 0.29) is 24.7 Å². The fourth-order valence-corrected chi connectivity index (χ4v) is 1.57. The Bertz CT molecular complexity index is 454. The molecule has 1 N–H and O–H groups in total. The van der Waals surface area contributed by atoms with Crippen LogP contribution in [-0.4, -0.2) is 25.1 Å². The van der Waals surface area contributed by atoms with E-state index in [0.29, 0.717) is 24.8 Å². The SMILES string of the molecule is CCOC(=O)CCC(=O)Nc1ccc(OCC(C)C)cc1. The molecular weight excluding hydrogens is 270 g/mol. The van der Waals surface area contributed by atoms with Crippen LogP contribution < -0.4 is 10.1 Å². The number of carbonyl (C=O) groups is 2. The average Bonchev–Trinajstić information content (AvgIpc) is 2.45. The van der Waals surface area contributed by atoms with E-state index in [0.717, 1.165) is 5.75 Å². The largest absolute Gasteiger partial charge is 0.493 e. The number of hydrogen-bond acceptors (Lipinski definition) is 4. The minimum Gasteiger partial charge on any atom is -0.493 e. The summed E-state index contributed by atoms with van der Waals surface area (Å²) in [6, 6.07) is 7.17. The third kappa shape index (κ3) is 7.34. The lowest BCUT2D eigenvalue weighted by atomic mass is 10.2. The summed E-state index contributed by atoms with van der Waals surface area (Å²) in [5, 5.41) is 2.73. The second-order valence-electron chi connectivity index (χ2n) is 5.08. The monoisotopic (exact) mass is 293 g/mol. The number of nitrogens with one attached hydrogen (secondary N) is 1. The van der Waals surface area contributed by atoms with Crippen LogP contribution in [0.15, 0.2) is 24.3 Å². The van der Waals surface area contributed by atoms with Gasteiger partial charge >= 0.3 is 5.97 Å². The molecule has 0 atom stereocenters. The molecule has 5 heteroatoms. The number of ether oxygens (including phenoxy) is 2. The molecule has 5 nitrogen and oxygen atoms in total. The Kier molecular flexibility index (Phi) is 7.29. The van der Waals surface area contributed by atoms with Gasteiger partial charge in [0, 0.05) is 12.1 Å². The standard InChI is InChI=1S/C16H23NO4/c1-4-20-16(19)10-9-15(18)17-13-5-7-14(8-6-13)21-11-12(2)3/h5-8,12H,4,9-11H2,1-3H3,(H,17,18). The number of esters is 1. The van der Waals surface area contributed by atoms with Gasteiger partial charge in [0.25, 0.3) is 0 Å².